The fourth-order valence-electron chi connectivity index (χ4n) is 2.20. The van der Waals surface area contributed by atoms with Crippen LogP contribution in [0.15, 0.2) is 12.3 Å². The smallest absolute Gasteiger partial charge is 0.226 e. The van der Waals surface area contributed by atoms with E-state index in [9.17, 15) is 0 Å². The molecule has 1 aromatic rings. The molecule has 1 aromatic heterocycles. The molecule has 5 heteroatoms. The van der Waals surface area contributed by atoms with Gasteiger partial charge in [-0.05, 0) is 31.7 Å². The highest BCUT2D eigenvalue weighted by molar-refractivity contribution is 5.39. The maximum Gasteiger partial charge on any atom is 0.226 e. The molecule has 1 aliphatic heterocycles. The average molecular weight is 250 g/mol. The summed E-state index contributed by atoms with van der Waals surface area (Å²) >= 11 is 0. The summed E-state index contributed by atoms with van der Waals surface area (Å²) in [5, 5.41) is 3.03. The first kappa shape index (κ1) is 13.1. The Hall–Kier alpha value is -1.36. The van der Waals surface area contributed by atoms with E-state index in [1.807, 2.05) is 20.2 Å². The van der Waals surface area contributed by atoms with Crippen LogP contribution in [0.5, 0.6) is 0 Å². The van der Waals surface area contributed by atoms with Gasteiger partial charge in [0, 0.05) is 33.4 Å². The van der Waals surface area contributed by atoms with Crippen molar-refractivity contribution in [2.75, 3.05) is 37.5 Å². The van der Waals surface area contributed by atoms with Crippen LogP contribution in [0.1, 0.15) is 25.7 Å². The van der Waals surface area contributed by atoms with Crippen LogP contribution in [0, 0.1) is 0 Å². The molecule has 1 N–H and O–H groups in total. The van der Waals surface area contributed by atoms with Crippen LogP contribution in [-0.2, 0) is 4.74 Å². The molecule has 2 rings (SSSR count). The molecule has 0 amide bonds. The van der Waals surface area contributed by atoms with Gasteiger partial charge in [-0.25, -0.2) is 4.98 Å². The van der Waals surface area contributed by atoms with Crippen molar-refractivity contribution in [3.63, 3.8) is 0 Å². The summed E-state index contributed by atoms with van der Waals surface area (Å²) in [6.07, 6.45) is 6.95. The van der Waals surface area contributed by atoms with Crippen molar-refractivity contribution in [2.24, 2.45) is 0 Å². The summed E-state index contributed by atoms with van der Waals surface area (Å²) in [6.45, 7) is 1.90. The van der Waals surface area contributed by atoms with E-state index in [-0.39, 0.29) is 0 Å². The Labute approximate surface area is 109 Å². The highest BCUT2D eigenvalue weighted by atomic mass is 16.5. The van der Waals surface area contributed by atoms with Gasteiger partial charge in [0.05, 0.1) is 6.10 Å². The third kappa shape index (κ3) is 3.57. The van der Waals surface area contributed by atoms with E-state index < -0.39 is 0 Å². The molecule has 18 heavy (non-hydrogen) atoms. The Balaban J connectivity index is 1.77. The second-order valence-electron chi connectivity index (χ2n) is 4.69. The highest BCUT2D eigenvalue weighted by Crippen LogP contribution is 2.17. The minimum atomic E-state index is 0.475. The van der Waals surface area contributed by atoms with Gasteiger partial charge < -0.3 is 15.0 Å². The summed E-state index contributed by atoms with van der Waals surface area (Å²) in [5.41, 5.74) is 0. The summed E-state index contributed by atoms with van der Waals surface area (Å²) in [4.78, 5) is 10.8. The number of rotatable bonds is 6. The van der Waals surface area contributed by atoms with Gasteiger partial charge in [0.25, 0.3) is 0 Å². The lowest BCUT2D eigenvalue weighted by Crippen LogP contribution is -2.22. The molecule has 2 heterocycles. The third-order valence-electron chi connectivity index (χ3n) is 3.28. The number of ether oxygens (including phenoxy) is 1. The van der Waals surface area contributed by atoms with Gasteiger partial charge in [0.1, 0.15) is 5.82 Å². The number of hydrogen-bond acceptors (Lipinski definition) is 5. The zero-order valence-electron chi connectivity index (χ0n) is 11.2. The Morgan fingerprint density at radius 3 is 3.17 bits per heavy atom. The van der Waals surface area contributed by atoms with Crippen LogP contribution in [0.25, 0.3) is 0 Å². The van der Waals surface area contributed by atoms with E-state index in [0.717, 1.165) is 37.8 Å². The zero-order valence-corrected chi connectivity index (χ0v) is 11.2. The lowest BCUT2D eigenvalue weighted by molar-refractivity contribution is 0.103. The molecule has 5 nitrogen and oxygen atoms in total. The molecule has 1 saturated heterocycles. The maximum atomic E-state index is 5.62. The first-order valence-corrected chi connectivity index (χ1v) is 6.63. The number of nitrogens with zero attached hydrogens (tertiary/aromatic N) is 3. The summed E-state index contributed by atoms with van der Waals surface area (Å²) in [5.74, 6) is 1.63. The molecule has 0 bridgehead atoms. The van der Waals surface area contributed by atoms with Gasteiger partial charge >= 0.3 is 0 Å². The van der Waals surface area contributed by atoms with E-state index in [1.54, 1.807) is 6.20 Å². The maximum absolute atomic E-state index is 5.62. The molecule has 0 aliphatic carbocycles. The lowest BCUT2D eigenvalue weighted by Gasteiger charge is -2.18. The molecular formula is C13H22N4O. The molecule has 1 aliphatic rings. The van der Waals surface area contributed by atoms with Gasteiger partial charge in [0.15, 0.2) is 0 Å². The average Bonchev–Trinajstić information content (AvgIpc) is 2.92. The number of hydrogen-bond donors (Lipinski definition) is 1. The van der Waals surface area contributed by atoms with E-state index in [2.05, 4.69) is 20.2 Å². The van der Waals surface area contributed by atoms with Gasteiger partial charge in [-0.3, -0.25) is 0 Å². The molecule has 1 atom stereocenters. The summed E-state index contributed by atoms with van der Waals surface area (Å²) in [7, 11) is 3.90. The Bertz CT molecular complexity index is 366. The monoisotopic (exact) mass is 250 g/mol. The summed E-state index contributed by atoms with van der Waals surface area (Å²) in [6, 6.07) is 1.86. The minimum absolute atomic E-state index is 0.475. The second kappa shape index (κ2) is 6.54. The zero-order chi connectivity index (χ0) is 12.8. The van der Waals surface area contributed by atoms with Crippen molar-refractivity contribution in [1.82, 2.24) is 9.97 Å². The minimum Gasteiger partial charge on any atom is -0.378 e. The van der Waals surface area contributed by atoms with Crippen LogP contribution in [-0.4, -0.2) is 43.3 Å². The fourth-order valence-corrected chi connectivity index (χ4v) is 2.20. The van der Waals surface area contributed by atoms with Crippen LogP contribution < -0.4 is 10.2 Å². The SMILES string of the molecule is CNc1ccnc(N(C)CCC[C@@H]2CCCO2)n1. The van der Waals surface area contributed by atoms with Gasteiger partial charge in [-0.2, -0.15) is 4.98 Å². The lowest BCUT2D eigenvalue weighted by atomic mass is 10.1. The highest BCUT2D eigenvalue weighted by Gasteiger charge is 2.15. The largest absolute Gasteiger partial charge is 0.378 e. The topological polar surface area (TPSA) is 50.3 Å². The molecular weight excluding hydrogens is 228 g/mol. The van der Waals surface area contributed by atoms with Crippen LogP contribution in [0.4, 0.5) is 11.8 Å². The molecule has 0 aromatic carbocycles. The quantitative estimate of drug-likeness (QED) is 0.836. The van der Waals surface area contributed by atoms with Crippen molar-refractivity contribution in [3.8, 4) is 0 Å². The fraction of sp³-hybridized carbons (Fsp3) is 0.692. The number of anilines is 2. The molecule has 100 valence electrons. The normalized spacial score (nSPS) is 18.9. The molecule has 0 spiro atoms. The van der Waals surface area contributed by atoms with Crippen molar-refractivity contribution >= 4 is 11.8 Å². The van der Waals surface area contributed by atoms with Gasteiger partial charge in [-0.1, -0.05) is 0 Å². The van der Waals surface area contributed by atoms with Crippen molar-refractivity contribution < 1.29 is 4.74 Å². The van der Waals surface area contributed by atoms with Crippen LogP contribution in [0.3, 0.4) is 0 Å². The Morgan fingerprint density at radius 2 is 2.44 bits per heavy atom. The van der Waals surface area contributed by atoms with E-state index in [4.69, 9.17) is 4.74 Å². The number of nitrogens with one attached hydrogen (secondary N) is 1. The summed E-state index contributed by atoms with van der Waals surface area (Å²) < 4.78 is 5.62. The van der Waals surface area contributed by atoms with E-state index in [1.165, 1.54) is 12.8 Å². The van der Waals surface area contributed by atoms with Crippen molar-refractivity contribution in [3.05, 3.63) is 12.3 Å². The third-order valence-corrected chi connectivity index (χ3v) is 3.28. The predicted octanol–water partition coefficient (Wildman–Crippen LogP) is 1.91. The van der Waals surface area contributed by atoms with Crippen molar-refractivity contribution in [1.29, 1.82) is 0 Å². The second-order valence-corrected chi connectivity index (χ2v) is 4.69. The van der Waals surface area contributed by atoms with Gasteiger partial charge in [0.2, 0.25) is 5.95 Å². The van der Waals surface area contributed by atoms with Gasteiger partial charge in [-0.15, -0.1) is 0 Å². The van der Waals surface area contributed by atoms with E-state index in [0.29, 0.717) is 6.10 Å². The van der Waals surface area contributed by atoms with E-state index >= 15 is 0 Å². The Morgan fingerprint density at radius 1 is 1.56 bits per heavy atom. The first-order valence-electron chi connectivity index (χ1n) is 6.63. The number of aromatic nitrogens is 2. The van der Waals surface area contributed by atoms with Crippen LogP contribution in [0.2, 0.25) is 0 Å². The standard InChI is InChI=1S/C13H22N4O/c1-14-12-7-8-15-13(16-12)17(2)9-3-5-11-6-4-10-18-11/h7-8,11H,3-6,9-10H2,1-2H3,(H,14,15,16)/t11-/m1/s1. The van der Waals surface area contributed by atoms with Crippen molar-refractivity contribution in [2.45, 2.75) is 31.8 Å². The molecule has 0 saturated carbocycles. The predicted molar refractivity (Wildman–Crippen MR) is 73.1 cm³/mol. The van der Waals surface area contributed by atoms with Crippen LogP contribution >= 0.6 is 0 Å². The molecule has 0 unspecified atom stereocenters. The molecule has 1 fully saturated rings. The molecule has 0 radical (unpaired) electrons. The first-order chi connectivity index (χ1) is 8.79. The Kier molecular flexibility index (Phi) is 4.75.